The standard InChI is InChI=1S/C26H31N3O2/c1-18-6-4-12-27-25(18)23-8-3-9-24(26-19(2)7-5-13-28-26)29(23)15-21-11-10-20(16-30)14-22(21)17-31/h4-7,10-14,23-24,30-31H,3,8-9,15-17H2,1-2H3/t23-,24?/m0/s1. The van der Waals surface area contributed by atoms with E-state index in [0.29, 0.717) is 6.54 Å². The van der Waals surface area contributed by atoms with E-state index in [1.807, 2.05) is 42.7 Å². The minimum atomic E-state index is -0.0441. The van der Waals surface area contributed by atoms with Crippen molar-refractivity contribution in [2.75, 3.05) is 0 Å². The molecule has 1 aliphatic rings. The second-order valence-corrected chi connectivity index (χ2v) is 8.47. The summed E-state index contributed by atoms with van der Waals surface area (Å²) in [5, 5.41) is 19.5. The Balaban J connectivity index is 1.78. The number of aromatic nitrogens is 2. The first kappa shape index (κ1) is 21.6. The van der Waals surface area contributed by atoms with Crippen LogP contribution in [0, 0.1) is 13.8 Å². The Morgan fingerprint density at radius 2 is 1.45 bits per heavy atom. The van der Waals surface area contributed by atoms with E-state index in [1.165, 1.54) is 11.1 Å². The van der Waals surface area contributed by atoms with Crippen molar-refractivity contribution in [2.45, 2.75) is 65.0 Å². The summed E-state index contributed by atoms with van der Waals surface area (Å²) >= 11 is 0. The number of aliphatic hydroxyl groups excluding tert-OH is 2. The minimum Gasteiger partial charge on any atom is -0.392 e. The lowest BCUT2D eigenvalue weighted by molar-refractivity contribution is 0.0671. The van der Waals surface area contributed by atoms with E-state index in [2.05, 4.69) is 30.9 Å². The molecule has 1 saturated heterocycles. The van der Waals surface area contributed by atoms with Crippen LogP contribution < -0.4 is 0 Å². The number of nitrogens with zero attached hydrogens (tertiary/aromatic N) is 3. The molecular weight excluding hydrogens is 386 g/mol. The van der Waals surface area contributed by atoms with E-state index >= 15 is 0 Å². The molecule has 4 rings (SSSR count). The van der Waals surface area contributed by atoms with Gasteiger partial charge in [-0.05, 0) is 73.1 Å². The predicted octanol–water partition coefficient (Wildman–Crippen LogP) is 4.55. The number of aryl methyl sites for hydroxylation is 2. The molecule has 0 spiro atoms. The van der Waals surface area contributed by atoms with E-state index in [-0.39, 0.29) is 25.3 Å². The van der Waals surface area contributed by atoms with Crippen molar-refractivity contribution in [1.82, 2.24) is 14.9 Å². The largest absolute Gasteiger partial charge is 0.392 e. The molecular formula is C26H31N3O2. The Morgan fingerprint density at radius 1 is 0.839 bits per heavy atom. The molecule has 2 N–H and O–H groups in total. The SMILES string of the molecule is Cc1cccnc1C1CCC[C@@H](c2ncccc2C)N1Cc1ccc(CO)cc1CO. The van der Waals surface area contributed by atoms with Crippen molar-refractivity contribution in [3.63, 3.8) is 0 Å². The fourth-order valence-corrected chi connectivity index (χ4v) is 4.83. The van der Waals surface area contributed by atoms with Gasteiger partial charge in [-0.3, -0.25) is 14.9 Å². The summed E-state index contributed by atoms with van der Waals surface area (Å²) in [6.45, 7) is 4.89. The van der Waals surface area contributed by atoms with E-state index < -0.39 is 0 Å². The lowest BCUT2D eigenvalue weighted by atomic mass is 9.88. The van der Waals surface area contributed by atoms with Crippen LogP contribution >= 0.6 is 0 Å². The van der Waals surface area contributed by atoms with E-state index in [1.54, 1.807) is 0 Å². The molecule has 0 amide bonds. The number of aliphatic hydroxyl groups is 2. The van der Waals surface area contributed by atoms with Gasteiger partial charge in [-0.25, -0.2) is 0 Å². The Morgan fingerprint density at radius 3 is 1.97 bits per heavy atom. The van der Waals surface area contributed by atoms with Gasteiger partial charge in [-0.15, -0.1) is 0 Å². The Kier molecular flexibility index (Phi) is 6.76. The lowest BCUT2D eigenvalue weighted by Gasteiger charge is -2.43. The van der Waals surface area contributed by atoms with Crippen molar-refractivity contribution in [1.29, 1.82) is 0 Å². The van der Waals surface area contributed by atoms with Crippen LogP contribution in [-0.4, -0.2) is 25.1 Å². The highest BCUT2D eigenvalue weighted by molar-refractivity contribution is 5.33. The first-order valence-electron chi connectivity index (χ1n) is 11.0. The molecule has 0 saturated carbocycles. The van der Waals surface area contributed by atoms with Crippen molar-refractivity contribution in [2.24, 2.45) is 0 Å². The molecule has 5 heteroatoms. The molecule has 31 heavy (non-hydrogen) atoms. The van der Waals surface area contributed by atoms with Gasteiger partial charge < -0.3 is 10.2 Å². The molecule has 3 aromatic rings. The quantitative estimate of drug-likeness (QED) is 0.616. The summed E-state index contributed by atoms with van der Waals surface area (Å²) in [5.74, 6) is 0. The molecule has 1 aliphatic heterocycles. The van der Waals surface area contributed by atoms with Crippen molar-refractivity contribution >= 4 is 0 Å². The van der Waals surface area contributed by atoms with Gasteiger partial charge in [0.2, 0.25) is 0 Å². The van der Waals surface area contributed by atoms with Crippen LogP contribution in [-0.2, 0) is 19.8 Å². The molecule has 1 aromatic carbocycles. The van der Waals surface area contributed by atoms with Gasteiger partial charge >= 0.3 is 0 Å². The average Bonchev–Trinajstić information content (AvgIpc) is 2.80. The van der Waals surface area contributed by atoms with Gasteiger partial charge in [0.05, 0.1) is 36.7 Å². The molecule has 3 heterocycles. The number of likely N-dealkylation sites (tertiary alicyclic amines) is 1. The van der Waals surface area contributed by atoms with Crippen molar-refractivity contribution in [3.8, 4) is 0 Å². The van der Waals surface area contributed by atoms with Gasteiger partial charge in [-0.2, -0.15) is 0 Å². The third-order valence-electron chi connectivity index (χ3n) is 6.46. The van der Waals surface area contributed by atoms with Crippen LogP contribution in [0.3, 0.4) is 0 Å². The molecule has 0 radical (unpaired) electrons. The second kappa shape index (κ2) is 9.69. The first-order chi connectivity index (χ1) is 15.1. The maximum atomic E-state index is 10.00. The fraction of sp³-hybridized carbons (Fsp3) is 0.385. The third-order valence-corrected chi connectivity index (χ3v) is 6.46. The number of benzene rings is 1. The highest BCUT2D eigenvalue weighted by Gasteiger charge is 2.35. The van der Waals surface area contributed by atoms with Gasteiger partial charge in [0.15, 0.2) is 0 Å². The van der Waals surface area contributed by atoms with Crippen LogP contribution in [0.1, 0.15) is 70.6 Å². The number of hydrogen-bond acceptors (Lipinski definition) is 5. The molecule has 0 bridgehead atoms. The molecule has 5 nitrogen and oxygen atoms in total. The number of pyridine rings is 2. The van der Waals surface area contributed by atoms with Crippen molar-refractivity contribution < 1.29 is 10.2 Å². The Labute approximate surface area is 184 Å². The fourth-order valence-electron chi connectivity index (χ4n) is 4.83. The highest BCUT2D eigenvalue weighted by Crippen LogP contribution is 2.43. The average molecular weight is 418 g/mol. The molecule has 1 fully saturated rings. The van der Waals surface area contributed by atoms with Gasteiger partial charge in [0, 0.05) is 18.9 Å². The molecule has 2 aromatic heterocycles. The maximum Gasteiger partial charge on any atom is 0.0685 e. The summed E-state index contributed by atoms with van der Waals surface area (Å²) < 4.78 is 0. The second-order valence-electron chi connectivity index (χ2n) is 8.47. The number of hydrogen-bond donors (Lipinski definition) is 2. The lowest BCUT2D eigenvalue weighted by Crippen LogP contribution is -2.37. The normalized spacial score (nSPS) is 19.5. The van der Waals surface area contributed by atoms with Crippen molar-refractivity contribution in [3.05, 3.63) is 94.1 Å². The zero-order valence-corrected chi connectivity index (χ0v) is 18.3. The van der Waals surface area contributed by atoms with Gasteiger partial charge in [-0.1, -0.05) is 30.3 Å². The van der Waals surface area contributed by atoms with E-state index in [9.17, 15) is 10.2 Å². The maximum absolute atomic E-state index is 10.00. The summed E-state index contributed by atoms with van der Waals surface area (Å²) in [5.41, 5.74) is 7.42. The summed E-state index contributed by atoms with van der Waals surface area (Å²) in [6, 6.07) is 14.5. The van der Waals surface area contributed by atoms with Gasteiger partial charge in [0.1, 0.15) is 0 Å². The monoisotopic (exact) mass is 417 g/mol. The summed E-state index contributed by atoms with van der Waals surface area (Å²) in [6.07, 6.45) is 6.97. The zero-order valence-electron chi connectivity index (χ0n) is 18.3. The topological polar surface area (TPSA) is 69.5 Å². The Bertz CT molecular complexity index is 983. The van der Waals surface area contributed by atoms with E-state index in [0.717, 1.165) is 47.3 Å². The van der Waals surface area contributed by atoms with Gasteiger partial charge in [0.25, 0.3) is 0 Å². The smallest absolute Gasteiger partial charge is 0.0685 e. The van der Waals surface area contributed by atoms with Crippen LogP contribution in [0.15, 0.2) is 54.9 Å². The zero-order chi connectivity index (χ0) is 21.8. The summed E-state index contributed by atoms with van der Waals surface area (Å²) in [4.78, 5) is 12.1. The predicted molar refractivity (Wildman–Crippen MR) is 121 cm³/mol. The van der Waals surface area contributed by atoms with Crippen LogP contribution in [0.5, 0.6) is 0 Å². The minimum absolute atomic E-state index is 0.0253. The molecule has 2 atom stereocenters. The van der Waals surface area contributed by atoms with Crippen LogP contribution in [0.25, 0.3) is 0 Å². The Hall–Kier alpha value is -2.60. The third kappa shape index (κ3) is 4.54. The number of rotatable bonds is 6. The highest BCUT2D eigenvalue weighted by atomic mass is 16.3. The first-order valence-corrected chi connectivity index (χ1v) is 11.0. The number of piperidine rings is 1. The van der Waals surface area contributed by atoms with Crippen LogP contribution in [0.2, 0.25) is 0 Å². The molecule has 1 unspecified atom stereocenters. The van der Waals surface area contributed by atoms with Crippen LogP contribution in [0.4, 0.5) is 0 Å². The van der Waals surface area contributed by atoms with E-state index in [4.69, 9.17) is 9.97 Å². The molecule has 0 aliphatic carbocycles. The summed E-state index contributed by atoms with van der Waals surface area (Å²) in [7, 11) is 0. The molecule has 162 valence electrons.